The molecule has 4 nitrogen and oxygen atoms in total. The summed E-state index contributed by atoms with van der Waals surface area (Å²) in [7, 11) is 0. The van der Waals surface area contributed by atoms with Crippen molar-refractivity contribution in [1.29, 1.82) is 0 Å². The first kappa shape index (κ1) is 15.9. The van der Waals surface area contributed by atoms with Crippen molar-refractivity contribution in [3.63, 3.8) is 0 Å². The summed E-state index contributed by atoms with van der Waals surface area (Å²) < 4.78 is 19.2. The lowest BCUT2D eigenvalue weighted by Gasteiger charge is -2.43. The third-order valence-corrected chi connectivity index (χ3v) is 6.11. The van der Waals surface area contributed by atoms with E-state index in [9.17, 15) is 9.18 Å². The number of hydrogen-bond acceptors (Lipinski definition) is 3. The van der Waals surface area contributed by atoms with Crippen molar-refractivity contribution >= 4 is 5.91 Å². The normalized spacial score (nSPS) is 34.8. The molecule has 3 N–H and O–H groups in total. The third-order valence-electron chi connectivity index (χ3n) is 6.11. The fourth-order valence-corrected chi connectivity index (χ4v) is 4.81. The largest absolute Gasteiger partial charge is 0.493 e. The zero-order valence-electron chi connectivity index (χ0n) is 13.8. The molecule has 3 aliphatic rings. The predicted octanol–water partition coefficient (Wildman–Crippen LogP) is 2.92. The van der Waals surface area contributed by atoms with Crippen LogP contribution < -0.4 is 15.8 Å². The molecule has 1 aromatic carbocycles. The van der Waals surface area contributed by atoms with Crippen molar-refractivity contribution in [3.05, 3.63) is 29.6 Å². The summed E-state index contributed by atoms with van der Waals surface area (Å²) in [6.07, 6.45) is 6.00. The maximum atomic E-state index is 13.6. The Morgan fingerprint density at radius 3 is 2.71 bits per heavy atom. The summed E-state index contributed by atoms with van der Waals surface area (Å²) in [4.78, 5) is 12.8. The molecule has 3 atom stereocenters. The average molecular weight is 332 g/mol. The van der Waals surface area contributed by atoms with Gasteiger partial charge in [-0.15, -0.1) is 0 Å². The second-order valence-corrected chi connectivity index (χ2v) is 7.58. The second-order valence-electron chi connectivity index (χ2n) is 7.58. The first-order valence-electron chi connectivity index (χ1n) is 9.10. The zero-order valence-corrected chi connectivity index (χ0v) is 13.8. The molecule has 4 rings (SSSR count). The van der Waals surface area contributed by atoms with E-state index in [1.165, 1.54) is 18.6 Å². The number of carbonyl (C=O) groups excluding carboxylic acids is 1. The molecular formula is C19H25FN2O2. The van der Waals surface area contributed by atoms with Crippen LogP contribution in [0.25, 0.3) is 0 Å². The lowest BCUT2D eigenvalue weighted by Crippen LogP contribution is -2.49. The van der Waals surface area contributed by atoms with Crippen LogP contribution in [0.5, 0.6) is 5.75 Å². The summed E-state index contributed by atoms with van der Waals surface area (Å²) in [6.45, 7) is 0.546. The van der Waals surface area contributed by atoms with Crippen LogP contribution in [0.3, 0.4) is 0 Å². The fourth-order valence-electron chi connectivity index (χ4n) is 4.81. The van der Waals surface area contributed by atoms with E-state index in [1.54, 1.807) is 6.07 Å². The molecule has 24 heavy (non-hydrogen) atoms. The van der Waals surface area contributed by atoms with Crippen LogP contribution in [-0.2, 0) is 4.79 Å². The number of hydrogen-bond donors (Lipinski definition) is 2. The zero-order chi connectivity index (χ0) is 16.7. The van der Waals surface area contributed by atoms with Crippen LogP contribution in [0.15, 0.2) is 18.2 Å². The van der Waals surface area contributed by atoms with Gasteiger partial charge in [-0.05, 0) is 55.7 Å². The highest BCUT2D eigenvalue weighted by molar-refractivity contribution is 5.79. The smallest absolute Gasteiger partial charge is 0.223 e. The van der Waals surface area contributed by atoms with Crippen molar-refractivity contribution in [1.82, 2.24) is 5.32 Å². The number of rotatable bonds is 2. The molecule has 2 saturated carbocycles. The summed E-state index contributed by atoms with van der Waals surface area (Å²) >= 11 is 0. The lowest BCUT2D eigenvalue weighted by atomic mass is 9.65. The molecule has 0 spiro atoms. The van der Waals surface area contributed by atoms with E-state index in [-0.39, 0.29) is 29.7 Å². The SMILES string of the molecule is NC1C2CCCC1CC(C(=O)NC1CCOc3ccc(F)cc31)C2. The van der Waals surface area contributed by atoms with Crippen molar-refractivity contribution < 1.29 is 13.9 Å². The quantitative estimate of drug-likeness (QED) is 0.875. The molecule has 3 unspecified atom stereocenters. The Kier molecular flexibility index (Phi) is 4.21. The van der Waals surface area contributed by atoms with Gasteiger partial charge in [-0.1, -0.05) is 6.42 Å². The second kappa shape index (κ2) is 6.36. The van der Waals surface area contributed by atoms with Crippen LogP contribution in [0.4, 0.5) is 4.39 Å². The average Bonchev–Trinajstić information content (AvgIpc) is 2.55. The molecule has 1 aromatic rings. The van der Waals surface area contributed by atoms with E-state index < -0.39 is 0 Å². The molecule has 0 radical (unpaired) electrons. The highest BCUT2D eigenvalue weighted by atomic mass is 19.1. The van der Waals surface area contributed by atoms with Gasteiger partial charge in [0.1, 0.15) is 11.6 Å². The standard InChI is InChI=1S/C19H25FN2O2/c20-14-4-5-17-15(10-14)16(6-7-24-17)22-19(23)13-8-11-2-1-3-12(9-13)18(11)21/h4-5,10-13,16,18H,1-3,6-9,21H2,(H,22,23). The van der Waals surface area contributed by atoms with E-state index in [0.717, 1.165) is 31.2 Å². The van der Waals surface area contributed by atoms with E-state index >= 15 is 0 Å². The van der Waals surface area contributed by atoms with Crippen LogP contribution in [0.1, 0.15) is 50.1 Å². The lowest BCUT2D eigenvalue weighted by molar-refractivity contribution is -0.128. The van der Waals surface area contributed by atoms with Crippen molar-refractivity contribution in [2.24, 2.45) is 23.5 Å². The molecule has 130 valence electrons. The molecule has 1 aliphatic heterocycles. The van der Waals surface area contributed by atoms with Crippen LogP contribution >= 0.6 is 0 Å². The topological polar surface area (TPSA) is 64.4 Å². The first-order chi connectivity index (χ1) is 11.6. The fraction of sp³-hybridized carbons (Fsp3) is 0.632. The number of ether oxygens (including phenoxy) is 1. The molecule has 1 heterocycles. The summed E-state index contributed by atoms with van der Waals surface area (Å²) in [5.74, 6) is 1.48. The monoisotopic (exact) mass is 332 g/mol. The Labute approximate surface area is 141 Å². The number of benzene rings is 1. The van der Waals surface area contributed by atoms with Gasteiger partial charge in [0.2, 0.25) is 5.91 Å². The van der Waals surface area contributed by atoms with E-state index in [0.29, 0.717) is 30.6 Å². The summed E-state index contributed by atoms with van der Waals surface area (Å²) in [5.41, 5.74) is 7.07. The van der Waals surface area contributed by atoms with Gasteiger partial charge in [-0.2, -0.15) is 0 Å². The highest BCUT2D eigenvalue weighted by Gasteiger charge is 2.41. The van der Waals surface area contributed by atoms with Gasteiger partial charge in [0.25, 0.3) is 0 Å². The van der Waals surface area contributed by atoms with E-state index in [4.69, 9.17) is 10.5 Å². The molecule has 1 amide bonds. The third kappa shape index (κ3) is 2.90. The van der Waals surface area contributed by atoms with Crippen LogP contribution in [-0.4, -0.2) is 18.6 Å². The number of halogens is 1. The molecule has 2 aliphatic carbocycles. The number of nitrogens with one attached hydrogen (secondary N) is 1. The number of fused-ring (bicyclic) bond motifs is 3. The maximum Gasteiger partial charge on any atom is 0.223 e. The molecule has 2 fully saturated rings. The Hall–Kier alpha value is -1.62. The van der Waals surface area contributed by atoms with Crippen LogP contribution in [0.2, 0.25) is 0 Å². The Balaban J connectivity index is 1.47. The van der Waals surface area contributed by atoms with Gasteiger partial charge in [-0.25, -0.2) is 4.39 Å². The molecule has 2 bridgehead atoms. The van der Waals surface area contributed by atoms with Crippen LogP contribution in [0, 0.1) is 23.6 Å². The molecule has 0 saturated heterocycles. The minimum absolute atomic E-state index is 0.0416. The van der Waals surface area contributed by atoms with Crippen molar-refractivity contribution in [2.75, 3.05) is 6.61 Å². The predicted molar refractivity (Wildman–Crippen MR) is 88.9 cm³/mol. The Morgan fingerprint density at radius 1 is 1.21 bits per heavy atom. The summed E-state index contributed by atoms with van der Waals surface area (Å²) in [5, 5.41) is 3.15. The Bertz CT molecular complexity index is 622. The number of nitrogens with two attached hydrogens (primary N) is 1. The van der Waals surface area contributed by atoms with Crippen molar-refractivity contribution in [2.45, 2.75) is 50.6 Å². The van der Waals surface area contributed by atoms with E-state index in [1.807, 2.05) is 0 Å². The molecular weight excluding hydrogens is 307 g/mol. The molecule has 5 heteroatoms. The van der Waals surface area contributed by atoms with Gasteiger partial charge in [0.05, 0.1) is 12.6 Å². The maximum absolute atomic E-state index is 13.6. The van der Waals surface area contributed by atoms with Gasteiger partial charge in [-0.3, -0.25) is 4.79 Å². The first-order valence-corrected chi connectivity index (χ1v) is 9.10. The van der Waals surface area contributed by atoms with E-state index in [2.05, 4.69) is 5.32 Å². The van der Waals surface area contributed by atoms with Gasteiger partial charge in [0, 0.05) is 23.9 Å². The van der Waals surface area contributed by atoms with Gasteiger partial charge >= 0.3 is 0 Å². The molecule has 0 aromatic heterocycles. The number of carbonyl (C=O) groups is 1. The van der Waals surface area contributed by atoms with Crippen molar-refractivity contribution in [3.8, 4) is 5.75 Å². The van der Waals surface area contributed by atoms with Gasteiger partial charge < -0.3 is 15.8 Å². The highest BCUT2D eigenvalue weighted by Crippen LogP contribution is 2.42. The Morgan fingerprint density at radius 2 is 1.96 bits per heavy atom. The number of amides is 1. The summed E-state index contributed by atoms with van der Waals surface area (Å²) in [6, 6.07) is 4.62. The minimum atomic E-state index is -0.295. The van der Waals surface area contributed by atoms with Gasteiger partial charge in [0.15, 0.2) is 0 Å². The minimum Gasteiger partial charge on any atom is -0.493 e.